The second-order valence-electron chi connectivity index (χ2n) is 27.0. The largest absolute Gasteiger partial charge is 0.756 e. The number of carbonyl (C=O) groups is 1. The first-order chi connectivity index (χ1) is 42.5. The van der Waals surface area contributed by atoms with E-state index in [2.05, 4.69) is 79.9 Å². The molecule has 2 N–H and O–H groups in total. The Kier molecular flexibility index (Phi) is 66.7. The lowest BCUT2D eigenvalue weighted by atomic mass is 10.0. The first-order valence-corrected chi connectivity index (χ1v) is 39.3. The van der Waals surface area contributed by atoms with Gasteiger partial charge in [0.05, 0.1) is 39.9 Å². The number of nitrogens with one attached hydrogen (secondary N) is 1. The van der Waals surface area contributed by atoms with Crippen LogP contribution in [0.1, 0.15) is 367 Å². The van der Waals surface area contributed by atoms with Gasteiger partial charge in [-0.25, -0.2) is 0 Å². The van der Waals surface area contributed by atoms with Gasteiger partial charge in [0.15, 0.2) is 0 Å². The molecule has 0 saturated heterocycles. The fourth-order valence-electron chi connectivity index (χ4n) is 11.3. The lowest BCUT2D eigenvalue weighted by molar-refractivity contribution is -0.870. The van der Waals surface area contributed by atoms with Crippen molar-refractivity contribution in [1.29, 1.82) is 0 Å². The van der Waals surface area contributed by atoms with E-state index >= 15 is 0 Å². The number of rotatable bonds is 70. The zero-order valence-electron chi connectivity index (χ0n) is 58.5. The Morgan fingerprint density at radius 2 is 0.713 bits per heavy atom. The molecule has 1 amide bonds. The maximum atomic E-state index is 13.1. The number of nitrogens with zero attached hydrogens (tertiary/aromatic N) is 1. The van der Waals surface area contributed by atoms with Crippen molar-refractivity contribution in [2.45, 2.75) is 379 Å². The van der Waals surface area contributed by atoms with E-state index in [-0.39, 0.29) is 12.5 Å². The predicted molar refractivity (Wildman–Crippen MR) is 380 cm³/mol. The monoisotopic (exact) mass is 1240 g/mol. The molecule has 0 rings (SSSR count). The molecule has 0 heterocycles. The molecule has 3 unspecified atom stereocenters. The third kappa shape index (κ3) is 71.2. The van der Waals surface area contributed by atoms with Crippen LogP contribution in [0.3, 0.4) is 0 Å². The van der Waals surface area contributed by atoms with Gasteiger partial charge in [-0.2, -0.15) is 0 Å². The van der Waals surface area contributed by atoms with Gasteiger partial charge < -0.3 is 28.8 Å². The molecule has 0 aliphatic carbocycles. The summed E-state index contributed by atoms with van der Waals surface area (Å²) in [5.74, 6) is -0.201. The van der Waals surface area contributed by atoms with E-state index in [1.54, 1.807) is 6.08 Å². The van der Waals surface area contributed by atoms with Crippen molar-refractivity contribution in [2.24, 2.45) is 0 Å². The van der Waals surface area contributed by atoms with Crippen LogP contribution in [0.4, 0.5) is 0 Å². The van der Waals surface area contributed by atoms with Gasteiger partial charge >= 0.3 is 0 Å². The van der Waals surface area contributed by atoms with Gasteiger partial charge in [0.25, 0.3) is 7.82 Å². The molecule has 0 aromatic heterocycles. The van der Waals surface area contributed by atoms with Gasteiger partial charge in [-0.15, -0.1) is 0 Å². The summed E-state index contributed by atoms with van der Waals surface area (Å²) in [4.78, 5) is 25.7. The van der Waals surface area contributed by atoms with E-state index in [1.165, 1.54) is 283 Å². The number of amides is 1. The molecule has 0 aromatic carbocycles. The summed E-state index contributed by atoms with van der Waals surface area (Å²) >= 11 is 0. The van der Waals surface area contributed by atoms with Gasteiger partial charge in [-0.1, -0.05) is 363 Å². The number of phosphoric ester groups is 1. The standard InChI is InChI=1S/C78H147N2O6P/c1-6-8-10-12-14-16-18-20-22-24-26-28-30-32-34-36-37-38-39-40-41-42-43-44-46-48-50-52-54-56-58-60-62-64-66-68-70-72-78(82)79-76(75-86-87(83,84)85-74-73-80(3,4)5)77(81)71-69-67-65-63-61-59-57-55-53-51-49-47-45-35-33-31-29-27-25-23-21-19-17-15-13-11-9-7-2/h8,10,14,16,20,22,26,28,61,63,69,71,76-77,81H,6-7,9,11-13,15,17-19,21,23-25,27,29-60,62,64-68,70,72-75H2,1-5H3,(H-,79,82,83,84)/b10-8-,16-14-,22-20-,28-26-,63-61+,71-69+. The van der Waals surface area contributed by atoms with Crippen molar-refractivity contribution in [1.82, 2.24) is 5.32 Å². The van der Waals surface area contributed by atoms with Crippen LogP contribution < -0.4 is 10.2 Å². The molecule has 0 spiro atoms. The lowest BCUT2D eigenvalue weighted by Crippen LogP contribution is -2.45. The van der Waals surface area contributed by atoms with Crippen molar-refractivity contribution < 1.29 is 32.9 Å². The van der Waals surface area contributed by atoms with Crippen LogP contribution in [0.25, 0.3) is 0 Å². The number of aliphatic hydroxyl groups excluding tert-OH is 1. The Morgan fingerprint density at radius 1 is 0.414 bits per heavy atom. The Bertz CT molecular complexity index is 1650. The van der Waals surface area contributed by atoms with Crippen LogP contribution in [0, 0.1) is 0 Å². The first-order valence-electron chi connectivity index (χ1n) is 37.8. The number of phosphoric acid groups is 1. The average molecular weight is 1240 g/mol. The van der Waals surface area contributed by atoms with Crippen LogP contribution >= 0.6 is 7.82 Å². The van der Waals surface area contributed by atoms with Crippen molar-refractivity contribution in [3.05, 3.63) is 72.9 Å². The molecular weight excluding hydrogens is 1090 g/mol. The molecule has 87 heavy (non-hydrogen) atoms. The quantitative estimate of drug-likeness (QED) is 0.0272. The lowest BCUT2D eigenvalue weighted by Gasteiger charge is -2.29. The summed E-state index contributed by atoms with van der Waals surface area (Å²) in [6.07, 6.45) is 96.3. The number of unbranched alkanes of at least 4 members (excludes halogenated alkanes) is 47. The molecular formula is C78H147N2O6P. The second kappa shape index (κ2) is 68.3. The minimum absolute atomic E-state index is 0.00585. The van der Waals surface area contributed by atoms with Crippen LogP contribution in [-0.2, 0) is 18.4 Å². The highest BCUT2D eigenvalue weighted by Gasteiger charge is 2.23. The highest BCUT2D eigenvalue weighted by molar-refractivity contribution is 7.45. The summed E-state index contributed by atoms with van der Waals surface area (Å²) in [5.41, 5.74) is 0. The molecule has 0 fully saturated rings. The fourth-order valence-corrected chi connectivity index (χ4v) is 12.1. The number of allylic oxidation sites excluding steroid dienone is 11. The minimum Gasteiger partial charge on any atom is -0.756 e. The summed E-state index contributed by atoms with van der Waals surface area (Å²) in [6.45, 7) is 4.57. The van der Waals surface area contributed by atoms with Crippen molar-refractivity contribution >= 4 is 13.7 Å². The molecule has 0 saturated carbocycles. The summed E-state index contributed by atoms with van der Waals surface area (Å²) in [6, 6.07) is -0.906. The SMILES string of the molecule is CC/C=C\C/C=C\C/C=C\C/C=C\CCCCCCCCCCCCCCCCCCCCCCCCCCC(=O)NC(COP(=O)([O-])OCC[N+](C)(C)C)C(O)/C=C/CC/C=C/CCCCCCCCCCCCCCCCCCCCCCCC. The van der Waals surface area contributed by atoms with E-state index in [4.69, 9.17) is 9.05 Å². The van der Waals surface area contributed by atoms with Gasteiger partial charge in [0.1, 0.15) is 13.2 Å². The third-order valence-corrected chi connectivity index (χ3v) is 18.1. The second-order valence-corrected chi connectivity index (χ2v) is 28.4. The first kappa shape index (κ1) is 84.9. The van der Waals surface area contributed by atoms with Crippen molar-refractivity contribution in [3.63, 3.8) is 0 Å². The number of likely N-dealkylation sites (N-methyl/N-ethyl adjacent to an activating group) is 1. The van der Waals surface area contributed by atoms with Crippen LogP contribution in [-0.4, -0.2) is 68.5 Å². The average Bonchev–Trinajstić information content (AvgIpc) is 3.70. The molecule has 0 radical (unpaired) electrons. The van der Waals surface area contributed by atoms with Crippen LogP contribution in [0.15, 0.2) is 72.9 Å². The summed E-state index contributed by atoms with van der Waals surface area (Å²) in [7, 11) is 1.26. The molecule has 0 aromatic rings. The highest BCUT2D eigenvalue weighted by atomic mass is 31.2. The summed E-state index contributed by atoms with van der Waals surface area (Å²) in [5, 5.41) is 14.0. The van der Waals surface area contributed by atoms with Crippen LogP contribution in [0.2, 0.25) is 0 Å². The van der Waals surface area contributed by atoms with Gasteiger partial charge in [-0.3, -0.25) is 9.36 Å². The molecule has 0 bridgehead atoms. The van der Waals surface area contributed by atoms with E-state index in [9.17, 15) is 19.4 Å². The Labute approximate surface area is 542 Å². The molecule has 0 aliphatic rings. The smallest absolute Gasteiger partial charge is 0.268 e. The van der Waals surface area contributed by atoms with Crippen molar-refractivity contribution in [2.75, 3.05) is 40.9 Å². The normalized spacial score (nSPS) is 14.0. The Hall–Kier alpha value is -2.06. The topological polar surface area (TPSA) is 108 Å². The molecule has 8 nitrogen and oxygen atoms in total. The molecule has 0 aliphatic heterocycles. The van der Waals surface area contributed by atoms with Crippen molar-refractivity contribution in [3.8, 4) is 0 Å². The van der Waals surface area contributed by atoms with Crippen LogP contribution in [0.5, 0.6) is 0 Å². The van der Waals surface area contributed by atoms with Gasteiger partial charge in [-0.05, 0) is 70.6 Å². The number of quaternary nitrogens is 1. The molecule has 510 valence electrons. The molecule has 3 atom stereocenters. The van der Waals surface area contributed by atoms with Gasteiger partial charge in [0.2, 0.25) is 5.91 Å². The van der Waals surface area contributed by atoms with Gasteiger partial charge in [0, 0.05) is 6.42 Å². The highest BCUT2D eigenvalue weighted by Crippen LogP contribution is 2.38. The van der Waals surface area contributed by atoms with E-state index < -0.39 is 26.6 Å². The zero-order chi connectivity index (χ0) is 63.4. The Balaban J connectivity index is 4.00. The Morgan fingerprint density at radius 3 is 1.07 bits per heavy atom. The predicted octanol–water partition coefficient (Wildman–Crippen LogP) is 23.9. The van der Waals surface area contributed by atoms with E-state index in [0.717, 1.165) is 64.2 Å². The minimum atomic E-state index is -4.61. The van der Waals surface area contributed by atoms with E-state index in [1.807, 2.05) is 27.2 Å². The number of carbonyl (C=O) groups excluding carboxylic acids is 1. The third-order valence-electron chi connectivity index (χ3n) is 17.2. The number of hydrogen-bond acceptors (Lipinski definition) is 6. The number of hydrogen-bond donors (Lipinski definition) is 2. The number of aliphatic hydroxyl groups is 1. The summed E-state index contributed by atoms with van der Waals surface area (Å²) < 4.78 is 23.5. The molecule has 9 heteroatoms. The fraction of sp³-hybridized carbons (Fsp3) is 0.833. The van der Waals surface area contributed by atoms with E-state index in [0.29, 0.717) is 17.4 Å². The zero-order valence-corrected chi connectivity index (χ0v) is 59.4. The maximum Gasteiger partial charge on any atom is 0.268 e. The maximum absolute atomic E-state index is 13.1.